The molecule has 0 aliphatic heterocycles. The van der Waals surface area contributed by atoms with Crippen molar-refractivity contribution in [2.24, 2.45) is 0 Å². The number of rotatable bonds is 4. The lowest BCUT2D eigenvalue weighted by Gasteiger charge is -2.11. The smallest absolute Gasteiger partial charge is 0.0149 e. The minimum Gasteiger partial charge on any atom is -0.0651 e. The zero-order valence-electron chi connectivity index (χ0n) is 10.00. The predicted octanol–water partition coefficient (Wildman–Crippen LogP) is 4.56. The summed E-state index contributed by atoms with van der Waals surface area (Å²) in [6.07, 6.45) is 4.46. The Kier molecular flexibility index (Phi) is 3.61. The van der Waals surface area contributed by atoms with Crippen molar-refractivity contribution in [3.63, 3.8) is 0 Å². The van der Waals surface area contributed by atoms with E-state index in [1.807, 2.05) is 0 Å². The SMILES string of the molecule is [CH2]CCc1c(CCC)ccc2ccccc12. The van der Waals surface area contributed by atoms with Crippen molar-refractivity contribution < 1.29 is 0 Å². The Morgan fingerprint density at radius 2 is 1.81 bits per heavy atom. The van der Waals surface area contributed by atoms with Crippen LogP contribution in [0.1, 0.15) is 30.9 Å². The van der Waals surface area contributed by atoms with E-state index in [1.165, 1.54) is 34.7 Å². The van der Waals surface area contributed by atoms with Crippen LogP contribution in [0.15, 0.2) is 36.4 Å². The summed E-state index contributed by atoms with van der Waals surface area (Å²) in [4.78, 5) is 0. The molecule has 0 N–H and O–H groups in total. The quantitative estimate of drug-likeness (QED) is 0.695. The van der Waals surface area contributed by atoms with E-state index in [0.717, 1.165) is 12.8 Å². The fraction of sp³-hybridized carbons (Fsp3) is 0.312. The molecule has 2 aromatic rings. The highest BCUT2D eigenvalue weighted by Crippen LogP contribution is 2.24. The minimum atomic E-state index is 0.977. The first-order valence-corrected chi connectivity index (χ1v) is 6.15. The fourth-order valence-corrected chi connectivity index (χ4v) is 2.36. The number of benzene rings is 2. The zero-order chi connectivity index (χ0) is 11.4. The van der Waals surface area contributed by atoms with Crippen LogP contribution >= 0.6 is 0 Å². The zero-order valence-corrected chi connectivity index (χ0v) is 10.00. The van der Waals surface area contributed by atoms with E-state index in [-0.39, 0.29) is 0 Å². The Morgan fingerprint density at radius 1 is 1.00 bits per heavy atom. The Labute approximate surface area is 98.3 Å². The third kappa shape index (κ3) is 2.11. The van der Waals surface area contributed by atoms with Crippen LogP contribution < -0.4 is 0 Å². The van der Waals surface area contributed by atoms with E-state index in [4.69, 9.17) is 0 Å². The molecular formula is C16H19. The normalized spacial score (nSPS) is 10.9. The lowest BCUT2D eigenvalue weighted by Crippen LogP contribution is -1.95. The molecule has 0 heterocycles. The average molecular weight is 211 g/mol. The van der Waals surface area contributed by atoms with Crippen molar-refractivity contribution in [3.05, 3.63) is 54.4 Å². The van der Waals surface area contributed by atoms with Gasteiger partial charge in [-0.2, -0.15) is 0 Å². The predicted molar refractivity (Wildman–Crippen MR) is 71.6 cm³/mol. The summed E-state index contributed by atoms with van der Waals surface area (Å²) in [5.74, 6) is 0. The molecule has 0 bridgehead atoms. The standard InChI is InChI=1S/C16H19/c1-3-7-13-11-12-14-9-5-6-10-16(14)15(13)8-4-2/h5-6,9-12H,2-4,7-8H2,1H3. The van der Waals surface area contributed by atoms with Gasteiger partial charge in [0.1, 0.15) is 0 Å². The van der Waals surface area contributed by atoms with Crippen molar-refractivity contribution in [3.8, 4) is 0 Å². The maximum absolute atomic E-state index is 3.99. The summed E-state index contributed by atoms with van der Waals surface area (Å²) in [6, 6.07) is 13.2. The third-order valence-corrected chi connectivity index (χ3v) is 3.08. The van der Waals surface area contributed by atoms with Gasteiger partial charge < -0.3 is 0 Å². The van der Waals surface area contributed by atoms with Crippen LogP contribution in [0.25, 0.3) is 10.8 Å². The van der Waals surface area contributed by atoms with Gasteiger partial charge in [0.15, 0.2) is 0 Å². The van der Waals surface area contributed by atoms with E-state index in [1.54, 1.807) is 0 Å². The number of aryl methyl sites for hydroxylation is 2. The van der Waals surface area contributed by atoms with Crippen LogP contribution in [-0.4, -0.2) is 0 Å². The van der Waals surface area contributed by atoms with Crippen molar-refractivity contribution in [1.82, 2.24) is 0 Å². The minimum absolute atomic E-state index is 0.977. The van der Waals surface area contributed by atoms with E-state index < -0.39 is 0 Å². The van der Waals surface area contributed by atoms with Crippen LogP contribution in [0.3, 0.4) is 0 Å². The van der Waals surface area contributed by atoms with Gasteiger partial charge in [-0.1, -0.05) is 56.7 Å². The molecule has 0 saturated heterocycles. The fourth-order valence-electron chi connectivity index (χ4n) is 2.36. The highest BCUT2D eigenvalue weighted by Gasteiger charge is 2.05. The largest absolute Gasteiger partial charge is 0.0651 e. The molecule has 1 radical (unpaired) electrons. The maximum atomic E-state index is 3.99. The van der Waals surface area contributed by atoms with Crippen LogP contribution in [-0.2, 0) is 12.8 Å². The van der Waals surface area contributed by atoms with Gasteiger partial charge in [0.05, 0.1) is 0 Å². The van der Waals surface area contributed by atoms with Gasteiger partial charge in [-0.05, 0) is 41.2 Å². The molecule has 2 aromatic carbocycles. The van der Waals surface area contributed by atoms with Gasteiger partial charge in [0.25, 0.3) is 0 Å². The van der Waals surface area contributed by atoms with Crippen molar-refractivity contribution in [1.29, 1.82) is 0 Å². The first-order chi connectivity index (χ1) is 7.86. The van der Waals surface area contributed by atoms with E-state index in [9.17, 15) is 0 Å². The van der Waals surface area contributed by atoms with Gasteiger partial charge in [0.2, 0.25) is 0 Å². The monoisotopic (exact) mass is 211 g/mol. The number of hydrogen-bond donors (Lipinski definition) is 0. The van der Waals surface area contributed by atoms with Crippen LogP contribution in [0.5, 0.6) is 0 Å². The van der Waals surface area contributed by atoms with Crippen molar-refractivity contribution >= 4 is 10.8 Å². The molecule has 0 spiro atoms. The number of hydrogen-bond acceptors (Lipinski definition) is 0. The molecule has 83 valence electrons. The second kappa shape index (κ2) is 5.16. The highest BCUT2D eigenvalue weighted by molar-refractivity contribution is 5.86. The molecule has 16 heavy (non-hydrogen) atoms. The topological polar surface area (TPSA) is 0 Å². The molecule has 0 aliphatic carbocycles. The summed E-state index contributed by atoms with van der Waals surface area (Å²) in [6.45, 7) is 6.23. The summed E-state index contributed by atoms with van der Waals surface area (Å²) in [7, 11) is 0. The summed E-state index contributed by atoms with van der Waals surface area (Å²) >= 11 is 0. The molecule has 0 unspecified atom stereocenters. The molecule has 0 amide bonds. The molecule has 0 saturated carbocycles. The van der Waals surface area contributed by atoms with Crippen molar-refractivity contribution in [2.75, 3.05) is 0 Å². The molecular weight excluding hydrogens is 192 g/mol. The first-order valence-electron chi connectivity index (χ1n) is 6.15. The Morgan fingerprint density at radius 3 is 2.56 bits per heavy atom. The second-order valence-electron chi connectivity index (χ2n) is 4.28. The highest BCUT2D eigenvalue weighted by atomic mass is 14.1. The van der Waals surface area contributed by atoms with Crippen LogP contribution in [0.2, 0.25) is 0 Å². The van der Waals surface area contributed by atoms with Gasteiger partial charge in [-0.3, -0.25) is 0 Å². The molecule has 0 aromatic heterocycles. The van der Waals surface area contributed by atoms with Gasteiger partial charge in [-0.15, -0.1) is 0 Å². The number of fused-ring (bicyclic) bond motifs is 1. The third-order valence-electron chi connectivity index (χ3n) is 3.08. The molecule has 0 atom stereocenters. The molecule has 0 heteroatoms. The molecule has 0 nitrogen and oxygen atoms in total. The van der Waals surface area contributed by atoms with Gasteiger partial charge in [-0.25, -0.2) is 0 Å². The molecule has 2 rings (SSSR count). The summed E-state index contributed by atoms with van der Waals surface area (Å²) in [5.41, 5.74) is 3.01. The molecule has 0 aliphatic rings. The Bertz CT molecular complexity index is 468. The van der Waals surface area contributed by atoms with Gasteiger partial charge >= 0.3 is 0 Å². The second-order valence-corrected chi connectivity index (χ2v) is 4.28. The average Bonchev–Trinajstić information content (AvgIpc) is 2.32. The summed E-state index contributed by atoms with van der Waals surface area (Å²) < 4.78 is 0. The summed E-state index contributed by atoms with van der Waals surface area (Å²) in [5, 5.41) is 2.77. The van der Waals surface area contributed by atoms with E-state index >= 15 is 0 Å². The van der Waals surface area contributed by atoms with E-state index in [0.29, 0.717) is 0 Å². The Balaban J connectivity index is 2.58. The van der Waals surface area contributed by atoms with Gasteiger partial charge in [0, 0.05) is 0 Å². The molecule has 0 fully saturated rings. The van der Waals surface area contributed by atoms with Crippen LogP contribution in [0, 0.1) is 6.92 Å². The van der Waals surface area contributed by atoms with Crippen molar-refractivity contribution in [2.45, 2.75) is 32.6 Å². The lowest BCUT2D eigenvalue weighted by atomic mass is 9.93. The Hall–Kier alpha value is -1.30. The van der Waals surface area contributed by atoms with Crippen LogP contribution in [0.4, 0.5) is 0 Å². The first kappa shape index (κ1) is 11.2. The lowest BCUT2D eigenvalue weighted by molar-refractivity contribution is 0.889. The van der Waals surface area contributed by atoms with E-state index in [2.05, 4.69) is 50.2 Å². The maximum Gasteiger partial charge on any atom is -0.0149 e.